The number of carbonyl (C=O) groups excluding carboxylic acids is 3. The predicted molar refractivity (Wildman–Crippen MR) is 167 cm³/mol. The predicted octanol–water partition coefficient (Wildman–Crippen LogP) is 7.42. The summed E-state index contributed by atoms with van der Waals surface area (Å²) >= 11 is 0. The molecule has 1 unspecified atom stereocenters. The molecule has 6 rings (SSSR count). The maximum absolute atomic E-state index is 13.9. The summed E-state index contributed by atoms with van der Waals surface area (Å²) in [5.74, 6) is 0.0110. The number of carbonyl (C=O) groups is 3. The summed E-state index contributed by atoms with van der Waals surface area (Å²) in [6, 6.07) is 24.0. The van der Waals surface area contributed by atoms with Crippen molar-refractivity contribution in [1.29, 1.82) is 0 Å². The van der Waals surface area contributed by atoms with E-state index in [1.54, 1.807) is 0 Å². The van der Waals surface area contributed by atoms with Crippen LogP contribution in [0.4, 0.5) is 5.69 Å². The molecular formula is C37H42N2O4. The van der Waals surface area contributed by atoms with Gasteiger partial charge in [-0.2, -0.15) is 0 Å². The highest BCUT2D eigenvalue weighted by atomic mass is 16.6. The maximum atomic E-state index is 13.9. The molecule has 224 valence electrons. The Kier molecular flexibility index (Phi) is 7.89. The van der Waals surface area contributed by atoms with E-state index >= 15 is 0 Å². The van der Waals surface area contributed by atoms with Crippen LogP contribution < -0.4 is 5.32 Å². The monoisotopic (exact) mass is 578 g/mol. The Morgan fingerprint density at radius 3 is 2.35 bits per heavy atom. The lowest BCUT2D eigenvalue weighted by molar-refractivity contribution is -0.161. The molecule has 2 saturated carbocycles. The van der Waals surface area contributed by atoms with Crippen LogP contribution in [0.25, 0.3) is 0 Å². The number of nitrogens with one attached hydrogen (secondary N) is 1. The third-order valence-electron chi connectivity index (χ3n) is 9.18. The molecule has 3 aromatic carbocycles. The summed E-state index contributed by atoms with van der Waals surface area (Å²) in [6.45, 7) is 6.88. The number of benzene rings is 3. The lowest BCUT2D eigenvalue weighted by Crippen LogP contribution is -2.30. The number of fused-ring (bicyclic) bond motifs is 1. The molecule has 3 aromatic rings. The van der Waals surface area contributed by atoms with Gasteiger partial charge in [-0.15, -0.1) is 0 Å². The molecule has 2 fully saturated rings. The fourth-order valence-electron chi connectivity index (χ4n) is 6.78. The minimum Gasteiger partial charge on any atom is -0.460 e. The van der Waals surface area contributed by atoms with Crippen molar-refractivity contribution in [3.05, 3.63) is 101 Å². The van der Waals surface area contributed by atoms with Crippen LogP contribution in [0.3, 0.4) is 0 Å². The third kappa shape index (κ3) is 6.53. The zero-order valence-electron chi connectivity index (χ0n) is 25.5. The van der Waals surface area contributed by atoms with Crippen molar-refractivity contribution in [3.8, 4) is 0 Å². The molecule has 0 radical (unpaired) electrons. The van der Waals surface area contributed by atoms with Gasteiger partial charge in [0.1, 0.15) is 5.60 Å². The van der Waals surface area contributed by atoms with Crippen molar-refractivity contribution >= 4 is 23.5 Å². The van der Waals surface area contributed by atoms with Gasteiger partial charge >= 0.3 is 5.97 Å². The van der Waals surface area contributed by atoms with Crippen LogP contribution in [0.2, 0.25) is 0 Å². The molecule has 6 nitrogen and oxygen atoms in total. The minimum absolute atomic E-state index is 0.00949. The molecule has 0 aromatic heterocycles. The normalized spacial score (nSPS) is 18.3. The molecule has 43 heavy (non-hydrogen) atoms. The Labute approximate surface area is 254 Å². The van der Waals surface area contributed by atoms with Gasteiger partial charge in [0, 0.05) is 24.3 Å². The number of hydrogen-bond donors (Lipinski definition) is 1. The standard InChI is InChI=1S/C37H42N2O4/c1-36(2,3)43-35(42)37(19-20-37)22-26-9-8-13-30(21-26)38-33(40)32(27-10-4-5-11-27)28-17-15-25(16-18-28)23-39-24-29-12-6-7-14-31(29)34(39)41/h6-9,12-18,21,27,32H,4-5,10-11,19-20,22-24H2,1-3H3,(H,38,40). The summed E-state index contributed by atoms with van der Waals surface area (Å²) in [4.78, 5) is 41.5. The molecule has 0 spiro atoms. The molecular weight excluding hydrogens is 536 g/mol. The van der Waals surface area contributed by atoms with Gasteiger partial charge < -0.3 is 15.0 Å². The Hall–Kier alpha value is -3.93. The second-order valence-electron chi connectivity index (χ2n) is 13.7. The van der Waals surface area contributed by atoms with Gasteiger partial charge in [0.05, 0.1) is 11.3 Å². The topological polar surface area (TPSA) is 75.7 Å². The smallest absolute Gasteiger partial charge is 0.312 e. The molecule has 1 heterocycles. The van der Waals surface area contributed by atoms with Crippen molar-refractivity contribution < 1.29 is 19.1 Å². The number of anilines is 1. The van der Waals surface area contributed by atoms with Crippen LogP contribution >= 0.6 is 0 Å². The highest BCUT2D eigenvalue weighted by Gasteiger charge is 2.52. The van der Waals surface area contributed by atoms with Crippen LogP contribution in [-0.4, -0.2) is 28.3 Å². The first-order valence-electron chi connectivity index (χ1n) is 15.7. The number of nitrogens with zero attached hydrogens (tertiary/aromatic N) is 1. The zero-order chi connectivity index (χ0) is 30.2. The van der Waals surface area contributed by atoms with E-state index in [9.17, 15) is 14.4 Å². The fraction of sp³-hybridized carbons (Fsp3) is 0.432. The van der Waals surface area contributed by atoms with E-state index in [1.807, 2.05) is 74.2 Å². The second-order valence-corrected chi connectivity index (χ2v) is 13.7. The van der Waals surface area contributed by atoms with E-state index in [-0.39, 0.29) is 23.7 Å². The maximum Gasteiger partial charge on any atom is 0.312 e. The van der Waals surface area contributed by atoms with E-state index < -0.39 is 11.0 Å². The Morgan fingerprint density at radius 1 is 0.953 bits per heavy atom. The van der Waals surface area contributed by atoms with E-state index in [0.29, 0.717) is 25.4 Å². The summed E-state index contributed by atoms with van der Waals surface area (Å²) in [5, 5.41) is 3.21. The van der Waals surface area contributed by atoms with Crippen molar-refractivity contribution in [3.63, 3.8) is 0 Å². The summed E-state index contributed by atoms with van der Waals surface area (Å²) in [6.07, 6.45) is 6.65. The van der Waals surface area contributed by atoms with Gasteiger partial charge in [-0.05, 0) is 99.2 Å². The summed E-state index contributed by atoms with van der Waals surface area (Å²) in [7, 11) is 0. The molecule has 0 saturated heterocycles. The van der Waals surface area contributed by atoms with Crippen molar-refractivity contribution in [1.82, 2.24) is 4.90 Å². The molecule has 1 aliphatic heterocycles. The van der Waals surface area contributed by atoms with Gasteiger partial charge in [0.15, 0.2) is 0 Å². The highest BCUT2D eigenvalue weighted by molar-refractivity contribution is 5.98. The Bertz CT molecular complexity index is 1510. The van der Waals surface area contributed by atoms with Crippen LogP contribution in [0.1, 0.15) is 97.8 Å². The van der Waals surface area contributed by atoms with Crippen LogP contribution in [0.5, 0.6) is 0 Å². The first-order chi connectivity index (χ1) is 20.6. The SMILES string of the molecule is CC(C)(C)OC(=O)C1(Cc2cccc(NC(=O)C(c3ccc(CN4Cc5ccccc5C4=O)cc3)C3CCCC3)c2)CC1. The lowest BCUT2D eigenvalue weighted by Gasteiger charge is -2.25. The number of amides is 2. The van der Waals surface area contributed by atoms with Crippen molar-refractivity contribution in [2.45, 2.75) is 90.3 Å². The Balaban J connectivity index is 1.14. The van der Waals surface area contributed by atoms with Crippen molar-refractivity contribution in [2.24, 2.45) is 11.3 Å². The first kappa shape index (κ1) is 29.2. The van der Waals surface area contributed by atoms with E-state index in [0.717, 1.165) is 72.0 Å². The molecule has 0 bridgehead atoms. The number of esters is 1. The van der Waals surface area contributed by atoms with Gasteiger partial charge in [0.2, 0.25) is 5.91 Å². The Morgan fingerprint density at radius 2 is 1.67 bits per heavy atom. The van der Waals surface area contributed by atoms with Gasteiger partial charge in [0.25, 0.3) is 5.91 Å². The number of rotatable bonds is 9. The lowest BCUT2D eigenvalue weighted by atomic mass is 9.83. The van der Waals surface area contributed by atoms with Gasteiger partial charge in [-0.3, -0.25) is 14.4 Å². The zero-order valence-corrected chi connectivity index (χ0v) is 25.5. The highest BCUT2D eigenvalue weighted by Crippen LogP contribution is 2.50. The minimum atomic E-state index is -0.507. The average molecular weight is 579 g/mol. The molecule has 6 heteroatoms. The van der Waals surface area contributed by atoms with E-state index in [2.05, 4.69) is 29.6 Å². The van der Waals surface area contributed by atoms with Crippen LogP contribution in [-0.2, 0) is 33.8 Å². The van der Waals surface area contributed by atoms with E-state index in [4.69, 9.17) is 4.74 Å². The van der Waals surface area contributed by atoms with Crippen LogP contribution in [0, 0.1) is 11.3 Å². The molecule has 2 aliphatic carbocycles. The molecule has 3 aliphatic rings. The second kappa shape index (κ2) is 11.6. The number of hydrogen-bond acceptors (Lipinski definition) is 4. The largest absolute Gasteiger partial charge is 0.460 e. The fourth-order valence-corrected chi connectivity index (χ4v) is 6.78. The number of ether oxygens (including phenoxy) is 1. The first-order valence-corrected chi connectivity index (χ1v) is 15.7. The van der Waals surface area contributed by atoms with Gasteiger partial charge in [-0.25, -0.2) is 0 Å². The van der Waals surface area contributed by atoms with E-state index in [1.165, 1.54) is 0 Å². The van der Waals surface area contributed by atoms with Crippen LogP contribution in [0.15, 0.2) is 72.8 Å². The molecule has 1 atom stereocenters. The quantitative estimate of drug-likeness (QED) is 0.268. The van der Waals surface area contributed by atoms with Gasteiger partial charge in [-0.1, -0.05) is 67.4 Å². The molecule has 1 N–H and O–H groups in total. The third-order valence-corrected chi connectivity index (χ3v) is 9.18. The summed E-state index contributed by atoms with van der Waals surface area (Å²) in [5.41, 5.74) is 4.77. The summed E-state index contributed by atoms with van der Waals surface area (Å²) < 4.78 is 5.71. The average Bonchev–Trinajstić information content (AvgIpc) is 3.42. The molecule has 2 amide bonds. The van der Waals surface area contributed by atoms with Crippen molar-refractivity contribution in [2.75, 3.05) is 5.32 Å².